The highest BCUT2D eigenvalue weighted by atomic mass is 35.5. The Labute approximate surface area is 200 Å². The summed E-state index contributed by atoms with van der Waals surface area (Å²) in [5.74, 6) is 0.285. The molecule has 2 aromatic carbocycles. The number of hydrogen-bond donors (Lipinski definition) is 0. The summed E-state index contributed by atoms with van der Waals surface area (Å²) in [5, 5.41) is 0.569. The van der Waals surface area contributed by atoms with Gasteiger partial charge < -0.3 is 9.47 Å². The second kappa shape index (κ2) is 9.77. The molecule has 1 aromatic heterocycles. The van der Waals surface area contributed by atoms with Crippen LogP contribution < -0.4 is 19.6 Å². The third-order valence-electron chi connectivity index (χ3n) is 5.19. The van der Waals surface area contributed by atoms with Gasteiger partial charge in [-0.3, -0.25) is 9.36 Å². The smallest absolute Gasteiger partial charge is 0.338 e. The molecule has 3 aromatic rings. The molecule has 2 heterocycles. The van der Waals surface area contributed by atoms with Gasteiger partial charge in [-0.05, 0) is 62.2 Å². The van der Waals surface area contributed by atoms with Crippen molar-refractivity contribution in [2.24, 2.45) is 4.99 Å². The summed E-state index contributed by atoms with van der Waals surface area (Å²) in [6.45, 7) is 6.25. The summed E-state index contributed by atoms with van der Waals surface area (Å²) in [5.41, 5.74) is 2.28. The monoisotopic (exact) mass is 482 g/mol. The largest absolute Gasteiger partial charge is 0.494 e. The average molecular weight is 483 g/mol. The van der Waals surface area contributed by atoms with E-state index in [2.05, 4.69) is 4.99 Å². The third-order valence-corrected chi connectivity index (χ3v) is 6.43. The van der Waals surface area contributed by atoms with Crippen molar-refractivity contribution < 1.29 is 14.3 Å². The fraction of sp³-hybridized carbons (Fsp3) is 0.240. The maximum Gasteiger partial charge on any atom is 0.338 e. The van der Waals surface area contributed by atoms with E-state index in [1.807, 2.05) is 49.4 Å². The minimum atomic E-state index is -0.653. The van der Waals surface area contributed by atoms with Crippen molar-refractivity contribution >= 4 is 35.0 Å². The number of allylic oxidation sites excluding steroid dienone is 1. The van der Waals surface area contributed by atoms with Crippen LogP contribution in [0.25, 0.3) is 6.08 Å². The zero-order chi connectivity index (χ0) is 23.5. The van der Waals surface area contributed by atoms with Crippen LogP contribution in [0.1, 0.15) is 37.9 Å². The van der Waals surface area contributed by atoms with Crippen LogP contribution >= 0.6 is 22.9 Å². The molecule has 0 spiro atoms. The third kappa shape index (κ3) is 4.65. The highest BCUT2D eigenvalue weighted by molar-refractivity contribution is 7.07. The maximum atomic E-state index is 13.5. The van der Waals surface area contributed by atoms with E-state index in [9.17, 15) is 9.59 Å². The molecule has 0 saturated heterocycles. The lowest BCUT2D eigenvalue weighted by Crippen LogP contribution is -2.39. The van der Waals surface area contributed by atoms with Gasteiger partial charge in [-0.15, -0.1) is 0 Å². The molecule has 6 nitrogen and oxygen atoms in total. The summed E-state index contributed by atoms with van der Waals surface area (Å²) in [7, 11) is 0. The first-order chi connectivity index (χ1) is 15.9. The van der Waals surface area contributed by atoms with E-state index in [-0.39, 0.29) is 12.2 Å². The lowest BCUT2D eigenvalue weighted by Gasteiger charge is -2.24. The van der Waals surface area contributed by atoms with Gasteiger partial charge in [0.05, 0.1) is 35.1 Å². The number of benzene rings is 2. The first-order valence-corrected chi connectivity index (χ1v) is 11.8. The normalized spacial score (nSPS) is 15.8. The van der Waals surface area contributed by atoms with E-state index in [1.54, 1.807) is 30.5 Å². The number of thiazole rings is 1. The number of nitrogens with zero attached hydrogens (tertiary/aromatic N) is 2. The molecular formula is C25H23ClN2O4S. The van der Waals surface area contributed by atoms with Gasteiger partial charge in [0.15, 0.2) is 4.80 Å². The molecule has 1 aliphatic heterocycles. The van der Waals surface area contributed by atoms with Crippen molar-refractivity contribution in [1.29, 1.82) is 0 Å². The number of ether oxygens (including phenoxy) is 2. The fourth-order valence-corrected chi connectivity index (χ4v) is 4.90. The Balaban J connectivity index is 1.88. The zero-order valence-corrected chi connectivity index (χ0v) is 20.1. The minimum absolute atomic E-state index is 0.220. The molecule has 0 amide bonds. The molecule has 0 fully saturated rings. The molecule has 33 heavy (non-hydrogen) atoms. The lowest BCUT2D eigenvalue weighted by molar-refractivity contribution is -0.139. The van der Waals surface area contributed by atoms with Crippen LogP contribution in [0.2, 0.25) is 5.02 Å². The summed E-state index contributed by atoms with van der Waals surface area (Å²) in [6.07, 6.45) is 1.82. The molecule has 0 aliphatic carbocycles. The van der Waals surface area contributed by atoms with E-state index in [0.29, 0.717) is 32.2 Å². The van der Waals surface area contributed by atoms with Crippen molar-refractivity contribution in [3.05, 3.63) is 95.6 Å². The van der Waals surface area contributed by atoms with E-state index in [4.69, 9.17) is 21.1 Å². The van der Waals surface area contributed by atoms with Crippen molar-refractivity contribution in [2.75, 3.05) is 13.2 Å². The van der Waals surface area contributed by atoms with E-state index in [0.717, 1.165) is 16.9 Å². The Morgan fingerprint density at radius 2 is 1.82 bits per heavy atom. The highest BCUT2D eigenvalue weighted by Crippen LogP contribution is 2.31. The molecule has 1 atom stereocenters. The number of carbonyl (C=O) groups is 1. The number of hydrogen-bond acceptors (Lipinski definition) is 6. The van der Waals surface area contributed by atoms with Gasteiger partial charge in [0.1, 0.15) is 5.75 Å². The van der Waals surface area contributed by atoms with Gasteiger partial charge in [-0.1, -0.05) is 47.2 Å². The predicted octanol–water partition coefficient (Wildman–Crippen LogP) is 3.85. The molecule has 0 N–H and O–H groups in total. The van der Waals surface area contributed by atoms with E-state index < -0.39 is 12.0 Å². The van der Waals surface area contributed by atoms with Crippen LogP contribution in [0.5, 0.6) is 5.75 Å². The molecule has 0 saturated carbocycles. The van der Waals surface area contributed by atoms with Gasteiger partial charge in [-0.25, -0.2) is 9.79 Å². The molecule has 170 valence electrons. The Morgan fingerprint density at radius 1 is 1.12 bits per heavy atom. The van der Waals surface area contributed by atoms with E-state index >= 15 is 0 Å². The Morgan fingerprint density at radius 3 is 2.45 bits per heavy atom. The van der Waals surface area contributed by atoms with Gasteiger partial charge in [0.25, 0.3) is 5.56 Å². The number of rotatable bonds is 6. The van der Waals surface area contributed by atoms with Crippen LogP contribution in [-0.2, 0) is 9.53 Å². The number of fused-ring (bicyclic) bond motifs is 1. The Kier molecular flexibility index (Phi) is 6.81. The average Bonchev–Trinajstić information content (AvgIpc) is 3.09. The summed E-state index contributed by atoms with van der Waals surface area (Å²) in [6, 6.07) is 14.0. The van der Waals surface area contributed by atoms with Gasteiger partial charge in [0, 0.05) is 5.02 Å². The molecule has 1 aliphatic rings. The molecule has 0 radical (unpaired) electrons. The standard InChI is InChI=1S/C25H23ClN2O4S/c1-4-31-19-12-6-16(7-13-19)14-20-23(29)28-22(17-8-10-18(26)11-9-17)21(24(30)32-5-2)15(3)27-25(28)33-20/h6-14,22H,4-5H2,1-3H3/b20-14+/t22-/m1/s1. The van der Waals surface area contributed by atoms with Crippen LogP contribution in [0.15, 0.2) is 69.6 Å². The molecule has 8 heteroatoms. The Hall–Kier alpha value is -3.16. The summed E-state index contributed by atoms with van der Waals surface area (Å²) in [4.78, 5) is 31.5. The number of carbonyl (C=O) groups excluding carboxylic acids is 1. The minimum Gasteiger partial charge on any atom is -0.494 e. The molecule has 0 unspecified atom stereocenters. The lowest BCUT2D eigenvalue weighted by atomic mass is 9.96. The summed E-state index contributed by atoms with van der Waals surface area (Å²) < 4.78 is 12.9. The zero-order valence-electron chi connectivity index (χ0n) is 18.5. The first-order valence-electron chi connectivity index (χ1n) is 10.6. The van der Waals surface area contributed by atoms with Crippen LogP contribution in [-0.4, -0.2) is 23.8 Å². The van der Waals surface area contributed by atoms with Gasteiger partial charge >= 0.3 is 5.97 Å². The quantitative estimate of drug-likeness (QED) is 0.500. The Bertz CT molecular complexity index is 1390. The second-order valence-corrected chi connectivity index (χ2v) is 8.80. The van der Waals surface area contributed by atoms with Crippen molar-refractivity contribution in [1.82, 2.24) is 4.57 Å². The van der Waals surface area contributed by atoms with Crippen molar-refractivity contribution in [3.8, 4) is 5.75 Å². The van der Waals surface area contributed by atoms with Crippen molar-refractivity contribution in [2.45, 2.75) is 26.8 Å². The fourth-order valence-electron chi connectivity index (χ4n) is 3.73. The van der Waals surface area contributed by atoms with Gasteiger partial charge in [0.2, 0.25) is 0 Å². The topological polar surface area (TPSA) is 69.9 Å². The van der Waals surface area contributed by atoms with Crippen molar-refractivity contribution in [3.63, 3.8) is 0 Å². The molecule has 4 rings (SSSR count). The second-order valence-electron chi connectivity index (χ2n) is 7.36. The predicted molar refractivity (Wildman–Crippen MR) is 129 cm³/mol. The summed E-state index contributed by atoms with van der Waals surface area (Å²) >= 11 is 7.37. The molecule has 0 bridgehead atoms. The SMILES string of the molecule is CCOC(=O)C1=C(C)N=c2s/c(=C/c3ccc(OCC)cc3)c(=O)n2[C@@H]1c1ccc(Cl)cc1. The number of halogens is 1. The van der Waals surface area contributed by atoms with Gasteiger partial charge in [-0.2, -0.15) is 0 Å². The van der Waals surface area contributed by atoms with Crippen LogP contribution in [0.3, 0.4) is 0 Å². The van der Waals surface area contributed by atoms with Crippen LogP contribution in [0.4, 0.5) is 0 Å². The number of aromatic nitrogens is 1. The first kappa shape index (κ1) is 23.0. The van der Waals surface area contributed by atoms with Crippen LogP contribution in [0, 0.1) is 0 Å². The molecular weight excluding hydrogens is 460 g/mol. The highest BCUT2D eigenvalue weighted by Gasteiger charge is 2.33. The number of esters is 1. The maximum absolute atomic E-state index is 13.5. The van der Waals surface area contributed by atoms with E-state index in [1.165, 1.54) is 11.3 Å².